The van der Waals surface area contributed by atoms with Crippen molar-refractivity contribution in [2.24, 2.45) is 0 Å². The number of hydrogen-bond acceptors (Lipinski definition) is 3. The Kier molecular flexibility index (Phi) is 53.3. The molecule has 0 aromatic heterocycles. The summed E-state index contributed by atoms with van der Waals surface area (Å²) in [5.74, 6) is -0.0623. The van der Waals surface area contributed by atoms with Crippen LogP contribution in [0.25, 0.3) is 0 Å². The molecular formula is C60H109NO3. The van der Waals surface area contributed by atoms with Gasteiger partial charge in [0.15, 0.2) is 0 Å². The van der Waals surface area contributed by atoms with Crippen molar-refractivity contribution in [1.29, 1.82) is 0 Å². The number of hydrogen-bond donors (Lipinski definition) is 3. The number of aliphatic hydroxyl groups excluding tert-OH is 2. The van der Waals surface area contributed by atoms with Crippen molar-refractivity contribution in [3.05, 3.63) is 72.9 Å². The first kappa shape index (κ1) is 61.8. The lowest BCUT2D eigenvalue weighted by atomic mass is 10.0. The Bertz CT molecular complexity index is 1100. The number of amides is 1. The first-order chi connectivity index (χ1) is 31.7. The van der Waals surface area contributed by atoms with Crippen LogP contribution in [0.3, 0.4) is 0 Å². The molecule has 0 aliphatic carbocycles. The first-order valence-electron chi connectivity index (χ1n) is 28.2. The van der Waals surface area contributed by atoms with E-state index in [-0.39, 0.29) is 12.5 Å². The standard InChI is InChI=1S/C60H109NO3/c1-3-5-7-9-11-13-15-17-19-21-23-24-25-26-27-28-29-30-31-32-33-34-35-36-38-40-42-44-46-48-50-52-54-56-60(64)61-58(57-62)59(63)55-53-51-49-47-45-43-41-39-37-22-20-18-16-14-12-10-8-6-4-2/h5,7,11,13,17,19,23-24,26-27,53,55,58-59,62-63H,3-4,6,8-10,12,14-16,18,20-22,25,28-52,54,56-57H2,1-2H3,(H,61,64)/b7-5-,13-11-,19-17-,24-23-,27-26-,55-53+. The molecule has 372 valence electrons. The largest absolute Gasteiger partial charge is 0.394 e. The minimum absolute atomic E-state index is 0.0623. The van der Waals surface area contributed by atoms with Crippen LogP contribution in [0.1, 0.15) is 284 Å². The first-order valence-corrected chi connectivity index (χ1v) is 28.2. The Morgan fingerprint density at radius 3 is 1.03 bits per heavy atom. The Labute approximate surface area is 399 Å². The van der Waals surface area contributed by atoms with Crippen LogP contribution >= 0.6 is 0 Å². The molecule has 0 fully saturated rings. The van der Waals surface area contributed by atoms with Crippen molar-refractivity contribution in [2.45, 2.75) is 296 Å². The molecule has 0 aromatic carbocycles. The number of aliphatic hydroxyl groups is 2. The molecule has 0 saturated heterocycles. The van der Waals surface area contributed by atoms with E-state index >= 15 is 0 Å². The Morgan fingerprint density at radius 1 is 0.391 bits per heavy atom. The van der Waals surface area contributed by atoms with Gasteiger partial charge in [0.1, 0.15) is 0 Å². The molecule has 2 atom stereocenters. The molecule has 0 heterocycles. The maximum Gasteiger partial charge on any atom is 0.220 e. The highest BCUT2D eigenvalue weighted by molar-refractivity contribution is 5.76. The van der Waals surface area contributed by atoms with E-state index in [2.05, 4.69) is 79.9 Å². The SMILES string of the molecule is CC/C=C\C/C=C\C/C=C\C/C=C\C/C=C\CCCCCCCCCCCCCCCCCCCC(=O)NC(CO)C(O)/C=C/CCCCCCCCCCCCCCCCCCC. The number of rotatable bonds is 51. The highest BCUT2D eigenvalue weighted by Crippen LogP contribution is 2.17. The van der Waals surface area contributed by atoms with Crippen LogP contribution in [0, 0.1) is 0 Å². The lowest BCUT2D eigenvalue weighted by Crippen LogP contribution is -2.45. The van der Waals surface area contributed by atoms with Gasteiger partial charge in [-0.15, -0.1) is 0 Å². The number of carbonyl (C=O) groups is 1. The van der Waals surface area contributed by atoms with E-state index in [1.54, 1.807) is 6.08 Å². The van der Waals surface area contributed by atoms with Crippen LogP contribution in [-0.4, -0.2) is 34.9 Å². The van der Waals surface area contributed by atoms with Crippen molar-refractivity contribution in [3.63, 3.8) is 0 Å². The van der Waals surface area contributed by atoms with Gasteiger partial charge in [-0.2, -0.15) is 0 Å². The second-order valence-electron chi connectivity index (χ2n) is 19.0. The van der Waals surface area contributed by atoms with Crippen LogP contribution in [-0.2, 0) is 4.79 Å². The van der Waals surface area contributed by atoms with Crippen LogP contribution in [0.15, 0.2) is 72.9 Å². The number of unbranched alkanes of at least 4 members (excludes halogenated alkanes) is 34. The minimum Gasteiger partial charge on any atom is -0.394 e. The lowest BCUT2D eigenvalue weighted by Gasteiger charge is -2.20. The van der Waals surface area contributed by atoms with Crippen molar-refractivity contribution < 1.29 is 15.0 Å². The molecule has 0 rings (SSSR count). The molecule has 0 spiro atoms. The van der Waals surface area contributed by atoms with E-state index in [0.717, 1.165) is 57.8 Å². The van der Waals surface area contributed by atoms with Gasteiger partial charge >= 0.3 is 0 Å². The molecule has 0 aromatic rings. The average molecular weight is 893 g/mol. The third-order valence-electron chi connectivity index (χ3n) is 12.7. The van der Waals surface area contributed by atoms with Gasteiger partial charge < -0.3 is 15.5 Å². The maximum absolute atomic E-state index is 12.5. The summed E-state index contributed by atoms with van der Waals surface area (Å²) in [6.45, 7) is 4.21. The van der Waals surface area contributed by atoms with Gasteiger partial charge in [-0.25, -0.2) is 0 Å². The zero-order chi connectivity index (χ0) is 46.3. The molecule has 64 heavy (non-hydrogen) atoms. The third kappa shape index (κ3) is 50.8. The summed E-state index contributed by atoms with van der Waals surface area (Å²) < 4.78 is 0. The fourth-order valence-electron chi connectivity index (χ4n) is 8.44. The normalized spacial score (nSPS) is 13.4. The molecule has 4 nitrogen and oxygen atoms in total. The molecule has 0 bridgehead atoms. The summed E-state index contributed by atoms with van der Waals surface area (Å²) in [5, 5.41) is 23.2. The summed E-state index contributed by atoms with van der Waals surface area (Å²) in [4.78, 5) is 12.5. The fourth-order valence-corrected chi connectivity index (χ4v) is 8.44. The van der Waals surface area contributed by atoms with E-state index in [1.807, 2.05) is 6.08 Å². The van der Waals surface area contributed by atoms with Crippen molar-refractivity contribution in [1.82, 2.24) is 5.32 Å². The van der Waals surface area contributed by atoms with E-state index in [9.17, 15) is 15.0 Å². The molecular weight excluding hydrogens is 783 g/mol. The average Bonchev–Trinajstić information content (AvgIpc) is 3.30. The van der Waals surface area contributed by atoms with Gasteiger partial charge in [-0.1, -0.05) is 286 Å². The van der Waals surface area contributed by atoms with Gasteiger partial charge in [0.25, 0.3) is 0 Å². The molecule has 4 heteroatoms. The monoisotopic (exact) mass is 892 g/mol. The van der Waals surface area contributed by atoms with Crippen LogP contribution in [0.5, 0.6) is 0 Å². The van der Waals surface area contributed by atoms with Crippen LogP contribution in [0.4, 0.5) is 0 Å². The number of carbonyl (C=O) groups excluding carboxylic acids is 1. The second-order valence-corrected chi connectivity index (χ2v) is 19.0. The summed E-state index contributed by atoms with van der Waals surface area (Å²) in [6, 6.07) is -0.624. The Balaban J connectivity index is 3.49. The van der Waals surface area contributed by atoms with Crippen LogP contribution < -0.4 is 5.32 Å². The van der Waals surface area contributed by atoms with E-state index in [4.69, 9.17) is 0 Å². The predicted octanol–water partition coefficient (Wildman–Crippen LogP) is 18.6. The van der Waals surface area contributed by atoms with E-state index in [1.165, 1.54) is 205 Å². The van der Waals surface area contributed by atoms with Crippen molar-refractivity contribution in [2.75, 3.05) is 6.61 Å². The summed E-state index contributed by atoms with van der Waals surface area (Å²) >= 11 is 0. The molecule has 0 aliphatic rings. The molecule has 2 unspecified atom stereocenters. The summed E-state index contributed by atoms with van der Waals surface area (Å²) in [7, 11) is 0. The number of allylic oxidation sites excluding steroid dienone is 11. The zero-order valence-corrected chi connectivity index (χ0v) is 42.8. The smallest absolute Gasteiger partial charge is 0.220 e. The highest BCUT2D eigenvalue weighted by Gasteiger charge is 2.18. The minimum atomic E-state index is -0.841. The third-order valence-corrected chi connectivity index (χ3v) is 12.7. The fraction of sp³-hybridized carbons (Fsp3) is 0.783. The zero-order valence-electron chi connectivity index (χ0n) is 42.8. The molecule has 0 saturated carbocycles. The highest BCUT2D eigenvalue weighted by atomic mass is 16.3. The van der Waals surface area contributed by atoms with E-state index < -0.39 is 12.1 Å². The summed E-state index contributed by atoms with van der Waals surface area (Å²) in [6.07, 6.45) is 79.2. The second kappa shape index (κ2) is 55.2. The Hall–Kier alpha value is -2.17. The quantitative estimate of drug-likeness (QED) is 0.0421. The topological polar surface area (TPSA) is 69.6 Å². The van der Waals surface area contributed by atoms with Crippen LogP contribution in [0.2, 0.25) is 0 Å². The molecule has 1 amide bonds. The van der Waals surface area contributed by atoms with Gasteiger partial charge in [0.2, 0.25) is 5.91 Å². The lowest BCUT2D eigenvalue weighted by molar-refractivity contribution is -0.123. The number of nitrogens with one attached hydrogen (secondary N) is 1. The van der Waals surface area contributed by atoms with Crippen molar-refractivity contribution >= 4 is 5.91 Å². The molecule has 0 radical (unpaired) electrons. The maximum atomic E-state index is 12.5. The molecule has 0 aliphatic heterocycles. The van der Waals surface area contributed by atoms with Crippen molar-refractivity contribution in [3.8, 4) is 0 Å². The van der Waals surface area contributed by atoms with E-state index in [0.29, 0.717) is 6.42 Å². The van der Waals surface area contributed by atoms with Gasteiger partial charge in [0, 0.05) is 6.42 Å². The Morgan fingerprint density at radius 2 is 0.688 bits per heavy atom. The summed E-state index contributed by atoms with van der Waals surface area (Å²) in [5.41, 5.74) is 0. The van der Waals surface area contributed by atoms with Gasteiger partial charge in [0.05, 0.1) is 18.8 Å². The predicted molar refractivity (Wildman–Crippen MR) is 285 cm³/mol. The van der Waals surface area contributed by atoms with Gasteiger partial charge in [-0.05, 0) is 64.2 Å². The van der Waals surface area contributed by atoms with Gasteiger partial charge in [-0.3, -0.25) is 4.79 Å². The molecule has 3 N–H and O–H groups in total.